The maximum atomic E-state index is 12.3. The first-order valence-corrected chi connectivity index (χ1v) is 8.54. The number of rotatable bonds is 5. The first-order chi connectivity index (χ1) is 12.3. The lowest BCUT2D eigenvalue weighted by Gasteiger charge is -2.13. The third-order valence-corrected chi connectivity index (χ3v) is 4.10. The maximum absolute atomic E-state index is 12.3. The molecule has 2 aromatic carbocycles. The molecule has 0 fully saturated rings. The van der Waals surface area contributed by atoms with Crippen LogP contribution < -0.4 is 10.7 Å². The molecule has 0 unspecified atom stereocenters. The number of nitrogens with one attached hydrogen (secondary N) is 2. The Morgan fingerprint density at radius 2 is 1.58 bits per heavy atom. The predicted molar refractivity (Wildman–Crippen MR) is 106 cm³/mol. The highest BCUT2D eigenvalue weighted by molar-refractivity contribution is 6.06. The van der Waals surface area contributed by atoms with Crippen molar-refractivity contribution in [2.45, 2.75) is 41.0 Å². The molecule has 136 valence electrons. The van der Waals surface area contributed by atoms with Crippen molar-refractivity contribution in [3.05, 3.63) is 64.2 Å². The van der Waals surface area contributed by atoms with E-state index in [-0.39, 0.29) is 18.2 Å². The Kier molecular flexibility index (Phi) is 6.28. The molecule has 26 heavy (non-hydrogen) atoms. The zero-order valence-corrected chi connectivity index (χ0v) is 15.9. The highest BCUT2D eigenvalue weighted by Gasteiger charge is 2.11. The molecular formula is C21H25N3O2. The highest BCUT2D eigenvalue weighted by Crippen LogP contribution is 2.22. The van der Waals surface area contributed by atoms with Gasteiger partial charge in [-0.1, -0.05) is 35.9 Å². The molecule has 0 radical (unpaired) electrons. The molecule has 0 aliphatic heterocycles. The number of nitrogens with zero attached hydrogens (tertiary/aromatic N) is 1. The topological polar surface area (TPSA) is 70.6 Å². The monoisotopic (exact) mass is 351 g/mol. The van der Waals surface area contributed by atoms with E-state index in [1.165, 1.54) is 0 Å². The first-order valence-electron chi connectivity index (χ1n) is 8.54. The van der Waals surface area contributed by atoms with Crippen molar-refractivity contribution in [1.82, 2.24) is 5.43 Å². The Morgan fingerprint density at radius 1 is 0.962 bits per heavy atom. The van der Waals surface area contributed by atoms with E-state index in [0.717, 1.165) is 27.9 Å². The van der Waals surface area contributed by atoms with Gasteiger partial charge in [0.15, 0.2) is 0 Å². The van der Waals surface area contributed by atoms with Gasteiger partial charge in [0.2, 0.25) is 5.91 Å². The van der Waals surface area contributed by atoms with Crippen LogP contribution in [0.25, 0.3) is 0 Å². The van der Waals surface area contributed by atoms with Crippen molar-refractivity contribution in [2.75, 3.05) is 5.32 Å². The van der Waals surface area contributed by atoms with Crippen LogP contribution in [0.3, 0.4) is 0 Å². The average Bonchev–Trinajstić information content (AvgIpc) is 2.56. The first kappa shape index (κ1) is 19.4. The largest absolute Gasteiger partial charge is 0.325 e. The number of hydrogen-bond acceptors (Lipinski definition) is 3. The van der Waals surface area contributed by atoms with Gasteiger partial charge in [0, 0.05) is 17.0 Å². The summed E-state index contributed by atoms with van der Waals surface area (Å²) in [6.07, 6.45) is 0.112. The summed E-state index contributed by atoms with van der Waals surface area (Å²) in [5, 5.41) is 6.97. The molecule has 5 nitrogen and oxygen atoms in total. The fourth-order valence-electron chi connectivity index (χ4n) is 2.87. The number of hydrogen-bond donors (Lipinski definition) is 2. The Hall–Kier alpha value is -2.95. The number of anilines is 1. The standard InChI is InChI=1S/C21H25N3O2/c1-13-10-15(3)20(16(4)11-13)22-19(25)12-17(5)23-24-21(26)18-9-7-6-8-14(18)2/h6-11H,12H2,1-5H3,(H,22,25)(H,24,26). The van der Waals surface area contributed by atoms with E-state index in [9.17, 15) is 9.59 Å². The van der Waals surface area contributed by atoms with Crippen molar-refractivity contribution in [3.63, 3.8) is 0 Å². The third-order valence-electron chi connectivity index (χ3n) is 4.10. The van der Waals surface area contributed by atoms with Crippen molar-refractivity contribution in [2.24, 2.45) is 5.10 Å². The van der Waals surface area contributed by atoms with Gasteiger partial charge in [-0.3, -0.25) is 9.59 Å². The van der Waals surface area contributed by atoms with Gasteiger partial charge in [0.05, 0.1) is 6.42 Å². The number of carbonyl (C=O) groups is 2. The van der Waals surface area contributed by atoms with E-state index >= 15 is 0 Å². The number of hydrazone groups is 1. The lowest BCUT2D eigenvalue weighted by atomic mass is 10.0. The molecule has 2 aromatic rings. The molecule has 2 amide bonds. The summed E-state index contributed by atoms with van der Waals surface area (Å²) in [7, 11) is 0. The van der Waals surface area contributed by atoms with Gasteiger partial charge in [0.25, 0.3) is 5.91 Å². The van der Waals surface area contributed by atoms with Crippen molar-refractivity contribution >= 4 is 23.2 Å². The molecule has 0 spiro atoms. The van der Waals surface area contributed by atoms with Gasteiger partial charge in [-0.05, 0) is 57.4 Å². The number of aryl methyl sites for hydroxylation is 4. The second kappa shape index (κ2) is 8.43. The van der Waals surface area contributed by atoms with Crippen LogP contribution >= 0.6 is 0 Å². The molecule has 2 rings (SSSR count). The summed E-state index contributed by atoms with van der Waals surface area (Å²) in [5.74, 6) is -0.445. The summed E-state index contributed by atoms with van der Waals surface area (Å²) in [4.78, 5) is 24.4. The minimum atomic E-state index is -0.284. The molecule has 0 aliphatic rings. The zero-order chi connectivity index (χ0) is 19.3. The number of amides is 2. The minimum Gasteiger partial charge on any atom is -0.325 e. The van der Waals surface area contributed by atoms with Crippen LogP contribution in [0.2, 0.25) is 0 Å². The second-order valence-electron chi connectivity index (χ2n) is 6.60. The Bertz CT molecular complexity index is 846. The fraction of sp³-hybridized carbons (Fsp3) is 0.286. The van der Waals surface area contributed by atoms with Crippen molar-refractivity contribution < 1.29 is 9.59 Å². The maximum Gasteiger partial charge on any atom is 0.271 e. The molecule has 0 heterocycles. The molecule has 5 heteroatoms. The van der Waals surface area contributed by atoms with Gasteiger partial charge >= 0.3 is 0 Å². The second-order valence-corrected chi connectivity index (χ2v) is 6.60. The highest BCUT2D eigenvalue weighted by atomic mass is 16.2. The van der Waals surface area contributed by atoms with Crippen LogP contribution in [-0.2, 0) is 4.79 Å². The number of benzene rings is 2. The average molecular weight is 351 g/mol. The fourth-order valence-corrected chi connectivity index (χ4v) is 2.87. The molecular weight excluding hydrogens is 326 g/mol. The van der Waals surface area contributed by atoms with Crippen LogP contribution in [0.15, 0.2) is 41.5 Å². The van der Waals surface area contributed by atoms with Gasteiger partial charge in [-0.25, -0.2) is 5.43 Å². The minimum absolute atomic E-state index is 0.112. The van der Waals surface area contributed by atoms with E-state index in [0.29, 0.717) is 11.3 Å². The van der Waals surface area contributed by atoms with E-state index < -0.39 is 0 Å². The van der Waals surface area contributed by atoms with Crippen LogP contribution in [0.4, 0.5) is 5.69 Å². The van der Waals surface area contributed by atoms with Crippen molar-refractivity contribution in [3.8, 4) is 0 Å². The summed E-state index contributed by atoms with van der Waals surface area (Å²) in [6.45, 7) is 9.55. The lowest BCUT2D eigenvalue weighted by molar-refractivity contribution is -0.115. The molecule has 0 saturated carbocycles. The zero-order valence-electron chi connectivity index (χ0n) is 15.9. The summed E-state index contributed by atoms with van der Waals surface area (Å²) in [6, 6.07) is 11.4. The van der Waals surface area contributed by atoms with Gasteiger partial charge < -0.3 is 5.32 Å². The third kappa shape index (κ3) is 5.02. The van der Waals surface area contributed by atoms with Crippen molar-refractivity contribution in [1.29, 1.82) is 0 Å². The summed E-state index contributed by atoms with van der Waals surface area (Å²) in [5.41, 5.74) is 8.53. The molecule has 0 bridgehead atoms. The van der Waals surface area contributed by atoms with Gasteiger partial charge in [-0.2, -0.15) is 5.10 Å². The molecule has 0 saturated heterocycles. The molecule has 0 atom stereocenters. The van der Waals surface area contributed by atoms with Crippen LogP contribution in [0.5, 0.6) is 0 Å². The quantitative estimate of drug-likeness (QED) is 0.630. The molecule has 2 N–H and O–H groups in total. The van der Waals surface area contributed by atoms with E-state index in [4.69, 9.17) is 0 Å². The van der Waals surface area contributed by atoms with Gasteiger partial charge in [-0.15, -0.1) is 0 Å². The predicted octanol–water partition coefficient (Wildman–Crippen LogP) is 4.05. The Labute approximate surface area is 154 Å². The number of carbonyl (C=O) groups excluding carboxylic acids is 2. The summed E-state index contributed by atoms with van der Waals surface area (Å²) >= 11 is 0. The van der Waals surface area contributed by atoms with Crippen LogP contribution in [0, 0.1) is 27.7 Å². The van der Waals surface area contributed by atoms with Crippen LogP contribution in [0.1, 0.15) is 46.0 Å². The Morgan fingerprint density at radius 3 is 2.19 bits per heavy atom. The van der Waals surface area contributed by atoms with Crippen LogP contribution in [-0.4, -0.2) is 17.5 Å². The van der Waals surface area contributed by atoms with E-state index in [1.807, 2.05) is 52.0 Å². The Balaban J connectivity index is 1.98. The SMILES string of the molecule is CC(CC(=O)Nc1c(C)cc(C)cc1C)=NNC(=O)c1ccccc1C. The normalized spacial score (nSPS) is 11.2. The van der Waals surface area contributed by atoms with E-state index in [2.05, 4.69) is 15.8 Å². The summed E-state index contributed by atoms with van der Waals surface area (Å²) < 4.78 is 0. The lowest BCUT2D eigenvalue weighted by Crippen LogP contribution is -2.22. The van der Waals surface area contributed by atoms with E-state index in [1.54, 1.807) is 19.1 Å². The molecule has 0 aromatic heterocycles. The van der Waals surface area contributed by atoms with Gasteiger partial charge in [0.1, 0.15) is 0 Å². The smallest absolute Gasteiger partial charge is 0.271 e. The molecule has 0 aliphatic carbocycles.